The van der Waals surface area contributed by atoms with Gasteiger partial charge in [-0.1, -0.05) is 13.0 Å². The summed E-state index contributed by atoms with van der Waals surface area (Å²) < 4.78 is 12.7. The summed E-state index contributed by atoms with van der Waals surface area (Å²) in [6.45, 7) is 1.84. The van der Waals surface area contributed by atoms with E-state index in [2.05, 4.69) is 0 Å². The summed E-state index contributed by atoms with van der Waals surface area (Å²) in [5.41, 5.74) is 5.98. The standard InChI is InChI=1S/C9H12FNO2/c1-2-7(11)5-3-4-6(10)9(13)8(5)12/h3-4,7,12-13H,2,11H2,1H3. The Balaban J connectivity index is 3.18. The quantitative estimate of drug-likeness (QED) is 0.614. The third-order valence-corrected chi connectivity index (χ3v) is 1.97. The van der Waals surface area contributed by atoms with E-state index < -0.39 is 17.3 Å². The zero-order valence-electron chi connectivity index (χ0n) is 7.29. The van der Waals surface area contributed by atoms with Crippen LogP contribution in [0.4, 0.5) is 4.39 Å². The molecule has 0 amide bonds. The van der Waals surface area contributed by atoms with E-state index in [0.717, 1.165) is 6.07 Å². The lowest BCUT2D eigenvalue weighted by atomic mass is 10.0. The van der Waals surface area contributed by atoms with Gasteiger partial charge in [-0.25, -0.2) is 4.39 Å². The number of hydrogen-bond acceptors (Lipinski definition) is 3. The van der Waals surface area contributed by atoms with Crippen molar-refractivity contribution in [2.45, 2.75) is 19.4 Å². The van der Waals surface area contributed by atoms with Crippen molar-refractivity contribution in [1.82, 2.24) is 0 Å². The fraction of sp³-hybridized carbons (Fsp3) is 0.333. The second-order valence-corrected chi connectivity index (χ2v) is 2.85. The second-order valence-electron chi connectivity index (χ2n) is 2.85. The molecule has 1 rings (SSSR count). The third kappa shape index (κ3) is 1.72. The van der Waals surface area contributed by atoms with Gasteiger partial charge in [-0.2, -0.15) is 0 Å². The van der Waals surface area contributed by atoms with Crippen LogP contribution in [0.25, 0.3) is 0 Å². The van der Waals surface area contributed by atoms with Gasteiger partial charge in [-0.3, -0.25) is 0 Å². The molecule has 3 nitrogen and oxygen atoms in total. The van der Waals surface area contributed by atoms with Crippen LogP contribution < -0.4 is 5.73 Å². The molecule has 1 unspecified atom stereocenters. The predicted octanol–water partition coefficient (Wildman–Crippen LogP) is 1.65. The summed E-state index contributed by atoms with van der Waals surface area (Å²) in [5, 5.41) is 18.4. The van der Waals surface area contributed by atoms with Crippen LogP contribution in [-0.4, -0.2) is 10.2 Å². The Morgan fingerprint density at radius 1 is 1.38 bits per heavy atom. The zero-order valence-corrected chi connectivity index (χ0v) is 7.29. The molecule has 72 valence electrons. The van der Waals surface area contributed by atoms with Crippen molar-refractivity contribution in [3.05, 3.63) is 23.5 Å². The molecule has 1 aromatic carbocycles. The van der Waals surface area contributed by atoms with Crippen LogP contribution in [0.3, 0.4) is 0 Å². The number of rotatable bonds is 2. The number of aromatic hydroxyl groups is 2. The molecule has 0 aliphatic carbocycles. The number of phenolic OH excluding ortho intramolecular Hbond substituents is 2. The van der Waals surface area contributed by atoms with E-state index in [1.165, 1.54) is 6.07 Å². The lowest BCUT2D eigenvalue weighted by Gasteiger charge is -2.12. The molecule has 4 N–H and O–H groups in total. The van der Waals surface area contributed by atoms with Crippen LogP contribution in [-0.2, 0) is 0 Å². The molecule has 0 aromatic heterocycles. The zero-order chi connectivity index (χ0) is 10.0. The number of nitrogens with two attached hydrogens (primary N) is 1. The van der Waals surface area contributed by atoms with Gasteiger partial charge in [-0.05, 0) is 12.5 Å². The van der Waals surface area contributed by atoms with Gasteiger partial charge >= 0.3 is 0 Å². The van der Waals surface area contributed by atoms with E-state index in [1.807, 2.05) is 6.92 Å². The third-order valence-electron chi connectivity index (χ3n) is 1.97. The Kier molecular flexibility index (Phi) is 2.72. The molecule has 1 atom stereocenters. The molecular weight excluding hydrogens is 173 g/mol. The highest BCUT2D eigenvalue weighted by atomic mass is 19.1. The summed E-state index contributed by atoms with van der Waals surface area (Å²) in [4.78, 5) is 0. The first kappa shape index (κ1) is 9.80. The Morgan fingerprint density at radius 3 is 2.54 bits per heavy atom. The smallest absolute Gasteiger partial charge is 0.194 e. The van der Waals surface area contributed by atoms with Crippen molar-refractivity contribution < 1.29 is 14.6 Å². The Hall–Kier alpha value is -1.29. The van der Waals surface area contributed by atoms with Gasteiger partial charge in [0.15, 0.2) is 17.3 Å². The summed E-state index contributed by atoms with van der Waals surface area (Å²) in [7, 11) is 0. The highest BCUT2D eigenvalue weighted by molar-refractivity contribution is 5.46. The van der Waals surface area contributed by atoms with E-state index in [4.69, 9.17) is 10.8 Å². The van der Waals surface area contributed by atoms with Crippen LogP contribution in [0.5, 0.6) is 11.5 Å². The molecule has 4 heteroatoms. The Bertz CT molecular complexity index is 315. The van der Waals surface area contributed by atoms with Crippen LogP contribution in [0, 0.1) is 5.82 Å². The number of hydrogen-bond donors (Lipinski definition) is 3. The van der Waals surface area contributed by atoms with Crippen molar-refractivity contribution in [2.24, 2.45) is 5.73 Å². The molecule has 0 heterocycles. The minimum absolute atomic E-state index is 0.362. The van der Waals surface area contributed by atoms with Gasteiger partial charge in [0.2, 0.25) is 0 Å². The molecule has 0 aliphatic rings. The summed E-state index contributed by atoms with van der Waals surface area (Å²) >= 11 is 0. The molecule has 0 fully saturated rings. The first-order valence-electron chi connectivity index (χ1n) is 4.03. The minimum Gasteiger partial charge on any atom is -0.504 e. The normalized spacial score (nSPS) is 12.8. The predicted molar refractivity (Wildman–Crippen MR) is 46.9 cm³/mol. The number of halogens is 1. The largest absolute Gasteiger partial charge is 0.504 e. The van der Waals surface area contributed by atoms with Crippen LogP contribution in [0.15, 0.2) is 12.1 Å². The first-order chi connectivity index (χ1) is 6.07. The fourth-order valence-corrected chi connectivity index (χ4v) is 1.09. The van der Waals surface area contributed by atoms with E-state index in [1.54, 1.807) is 0 Å². The van der Waals surface area contributed by atoms with Gasteiger partial charge in [0.1, 0.15) is 0 Å². The van der Waals surface area contributed by atoms with Crippen LogP contribution in [0.2, 0.25) is 0 Å². The maximum Gasteiger partial charge on any atom is 0.194 e. The topological polar surface area (TPSA) is 66.5 Å². The SMILES string of the molecule is CCC(N)c1ccc(F)c(O)c1O. The van der Waals surface area contributed by atoms with Crippen molar-refractivity contribution in [1.29, 1.82) is 0 Å². The molecule has 0 spiro atoms. The number of benzene rings is 1. The minimum atomic E-state index is -0.843. The lowest BCUT2D eigenvalue weighted by molar-refractivity contribution is 0.372. The second kappa shape index (κ2) is 3.62. The lowest BCUT2D eigenvalue weighted by Crippen LogP contribution is -2.08. The van der Waals surface area contributed by atoms with Crippen molar-refractivity contribution in [2.75, 3.05) is 0 Å². The Labute approximate surface area is 75.6 Å². The van der Waals surface area contributed by atoms with E-state index in [9.17, 15) is 9.50 Å². The number of phenols is 2. The van der Waals surface area contributed by atoms with Crippen molar-refractivity contribution in [3.8, 4) is 11.5 Å². The average Bonchev–Trinajstić information content (AvgIpc) is 2.13. The van der Waals surface area contributed by atoms with Gasteiger partial charge < -0.3 is 15.9 Å². The molecule has 0 saturated carbocycles. The molecule has 0 saturated heterocycles. The summed E-state index contributed by atoms with van der Waals surface area (Å²) in [6.07, 6.45) is 0.610. The van der Waals surface area contributed by atoms with Gasteiger partial charge in [-0.15, -0.1) is 0 Å². The van der Waals surface area contributed by atoms with Crippen LogP contribution >= 0.6 is 0 Å². The van der Waals surface area contributed by atoms with Gasteiger partial charge in [0.05, 0.1) is 0 Å². The molecule has 1 aromatic rings. The monoisotopic (exact) mass is 185 g/mol. The Morgan fingerprint density at radius 2 is 2.00 bits per heavy atom. The molecular formula is C9H12FNO2. The highest BCUT2D eigenvalue weighted by Gasteiger charge is 2.15. The first-order valence-corrected chi connectivity index (χ1v) is 4.03. The van der Waals surface area contributed by atoms with Crippen LogP contribution in [0.1, 0.15) is 24.9 Å². The summed E-state index contributed by atoms with van der Waals surface area (Å²) in [5.74, 6) is -2.04. The maximum atomic E-state index is 12.7. The molecule has 0 radical (unpaired) electrons. The van der Waals surface area contributed by atoms with E-state index in [0.29, 0.717) is 12.0 Å². The van der Waals surface area contributed by atoms with Crippen molar-refractivity contribution in [3.63, 3.8) is 0 Å². The highest BCUT2D eigenvalue weighted by Crippen LogP contribution is 2.34. The molecule has 0 bridgehead atoms. The average molecular weight is 185 g/mol. The molecule has 13 heavy (non-hydrogen) atoms. The summed E-state index contributed by atoms with van der Waals surface area (Å²) in [6, 6.07) is 2.07. The maximum absolute atomic E-state index is 12.7. The fourth-order valence-electron chi connectivity index (χ4n) is 1.09. The van der Waals surface area contributed by atoms with E-state index in [-0.39, 0.29) is 6.04 Å². The van der Waals surface area contributed by atoms with Crippen molar-refractivity contribution >= 4 is 0 Å². The molecule has 0 aliphatic heterocycles. The van der Waals surface area contributed by atoms with Gasteiger partial charge in [0.25, 0.3) is 0 Å². The van der Waals surface area contributed by atoms with E-state index >= 15 is 0 Å². The van der Waals surface area contributed by atoms with Gasteiger partial charge in [0, 0.05) is 11.6 Å².